The standard InChI is InChI=1S/C15H11ClFN3/c16-9-5-10(17)7-11(6-9)20-15-2-1-14(18)13-8-19-4-3-12(13)15/h1-8,20H,18H2. The lowest BCUT2D eigenvalue weighted by Crippen LogP contribution is -1.95. The number of fused-ring (bicyclic) bond motifs is 1. The van der Waals surface area contributed by atoms with Crippen LogP contribution in [0.25, 0.3) is 10.8 Å². The fourth-order valence-corrected chi connectivity index (χ4v) is 2.32. The molecule has 0 unspecified atom stereocenters. The van der Waals surface area contributed by atoms with Gasteiger partial charge in [-0.1, -0.05) is 11.6 Å². The molecule has 0 aliphatic rings. The Balaban J connectivity index is 2.09. The van der Waals surface area contributed by atoms with Gasteiger partial charge in [-0.3, -0.25) is 4.98 Å². The number of benzene rings is 2. The number of nitrogens with one attached hydrogen (secondary N) is 1. The molecule has 0 spiro atoms. The van der Waals surface area contributed by atoms with Crippen LogP contribution in [0.15, 0.2) is 48.8 Å². The van der Waals surface area contributed by atoms with Crippen molar-refractivity contribution in [1.82, 2.24) is 4.98 Å². The Hall–Kier alpha value is -2.33. The number of halogens is 2. The van der Waals surface area contributed by atoms with Gasteiger partial charge in [0.1, 0.15) is 5.82 Å². The smallest absolute Gasteiger partial charge is 0.126 e. The predicted octanol–water partition coefficient (Wildman–Crippen LogP) is 4.35. The summed E-state index contributed by atoms with van der Waals surface area (Å²) in [5.41, 5.74) is 7.97. The summed E-state index contributed by atoms with van der Waals surface area (Å²) >= 11 is 5.85. The lowest BCUT2D eigenvalue weighted by atomic mass is 10.1. The van der Waals surface area contributed by atoms with Gasteiger partial charge < -0.3 is 11.1 Å². The Bertz CT molecular complexity index is 769. The SMILES string of the molecule is Nc1ccc(Nc2cc(F)cc(Cl)c2)c2ccncc12. The Kier molecular flexibility index (Phi) is 3.16. The number of rotatable bonds is 2. The molecule has 3 aromatic rings. The van der Waals surface area contributed by atoms with E-state index in [1.807, 2.05) is 12.1 Å². The van der Waals surface area contributed by atoms with Gasteiger partial charge in [0.05, 0.1) is 0 Å². The second-order valence-electron chi connectivity index (χ2n) is 4.41. The number of pyridine rings is 1. The predicted molar refractivity (Wildman–Crippen MR) is 80.8 cm³/mol. The highest BCUT2D eigenvalue weighted by Gasteiger charge is 2.06. The first-order chi connectivity index (χ1) is 9.63. The number of hydrogen-bond acceptors (Lipinski definition) is 3. The average molecular weight is 288 g/mol. The van der Waals surface area contributed by atoms with Crippen molar-refractivity contribution >= 4 is 39.4 Å². The molecule has 5 heteroatoms. The van der Waals surface area contributed by atoms with Gasteiger partial charge in [0.25, 0.3) is 0 Å². The number of hydrogen-bond donors (Lipinski definition) is 2. The Morgan fingerprint density at radius 3 is 2.75 bits per heavy atom. The van der Waals surface area contributed by atoms with Crippen LogP contribution in [0.5, 0.6) is 0 Å². The van der Waals surface area contributed by atoms with Gasteiger partial charge in [0, 0.05) is 45.3 Å². The van der Waals surface area contributed by atoms with Crippen LogP contribution in [0.1, 0.15) is 0 Å². The summed E-state index contributed by atoms with van der Waals surface area (Å²) in [5.74, 6) is -0.388. The molecule has 100 valence electrons. The van der Waals surface area contributed by atoms with Crippen LogP contribution >= 0.6 is 11.6 Å². The third-order valence-electron chi connectivity index (χ3n) is 2.99. The number of nitrogens with two attached hydrogens (primary N) is 1. The van der Waals surface area contributed by atoms with E-state index in [1.165, 1.54) is 12.1 Å². The van der Waals surface area contributed by atoms with E-state index in [1.54, 1.807) is 24.5 Å². The van der Waals surface area contributed by atoms with E-state index in [0.29, 0.717) is 16.4 Å². The van der Waals surface area contributed by atoms with Gasteiger partial charge in [-0.25, -0.2) is 4.39 Å². The zero-order valence-electron chi connectivity index (χ0n) is 10.4. The lowest BCUT2D eigenvalue weighted by Gasteiger charge is -2.11. The molecule has 1 heterocycles. The lowest BCUT2D eigenvalue weighted by molar-refractivity contribution is 0.628. The summed E-state index contributed by atoms with van der Waals surface area (Å²) in [4.78, 5) is 4.06. The third kappa shape index (κ3) is 2.38. The minimum atomic E-state index is -0.388. The average Bonchev–Trinajstić information content (AvgIpc) is 2.41. The van der Waals surface area contributed by atoms with E-state index < -0.39 is 0 Å². The van der Waals surface area contributed by atoms with Gasteiger partial charge >= 0.3 is 0 Å². The molecule has 3 N–H and O–H groups in total. The fraction of sp³-hybridized carbons (Fsp3) is 0. The molecule has 1 aromatic heterocycles. The molecule has 3 nitrogen and oxygen atoms in total. The zero-order valence-corrected chi connectivity index (χ0v) is 11.2. The van der Waals surface area contributed by atoms with Crippen LogP contribution < -0.4 is 11.1 Å². The normalized spacial score (nSPS) is 10.7. The minimum Gasteiger partial charge on any atom is -0.398 e. The highest BCUT2D eigenvalue weighted by molar-refractivity contribution is 6.30. The van der Waals surface area contributed by atoms with E-state index >= 15 is 0 Å². The van der Waals surface area contributed by atoms with Crippen molar-refractivity contribution in [1.29, 1.82) is 0 Å². The topological polar surface area (TPSA) is 50.9 Å². The Labute approximate surface area is 120 Å². The molecule has 0 amide bonds. The van der Waals surface area contributed by atoms with Crippen molar-refractivity contribution in [3.63, 3.8) is 0 Å². The summed E-state index contributed by atoms with van der Waals surface area (Å²) in [5, 5.41) is 5.25. The summed E-state index contributed by atoms with van der Waals surface area (Å²) in [6.07, 6.45) is 3.39. The Morgan fingerprint density at radius 1 is 1.10 bits per heavy atom. The van der Waals surface area contributed by atoms with E-state index in [-0.39, 0.29) is 5.82 Å². The monoisotopic (exact) mass is 287 g/mol. The second kappa shape index (κ2) is 4.98. The molecule has 0 aliphatic carbocycles. The molecule has 0 saturated carbocycles. The maximum atomic E-state index is 13.4. The summed E-state index contributed by atoms with van der Waals surface area (Å²) in [6.45, 7) is 0. The van der Waals surface area contributed by atoms with Crippen LogP contribution in [0, 0.1) is 5.82 Å². The number of nitrogens with zero attached hydrogens (tertiary/aromatic N) is 1. The molecule has 2 aromatic carbocycles. The van der Waals surface area contributed by atoms with Gasteiger partial charge in [-0.2, -0.15) is 0 Å². The van der Waals surface area contributed by atoms with Crippen LogP contribution in [0.2, 0.25) is 5.02 Å². The van der Waals surface area contributed by atoms with Crippen molar-refractivity contribution in [3.05, 3.63) is 59.6 Å². The summed E-state index contributed by atoms with van der Waals surface area (Å²) in [6, 6.07) is 9.79. The van der Waals surface area contributed by atoms with Gasteiger partial charge in [-0.05, 0) is 36.4 Å². The van der Waals surface area contributed by atoms with Gasteiger partial charge in [0.2, 0.25) is 0 Å². The molecule has 0 atom stereocenters. The second-order valence-corrected chi connectivity index (χ2v) is 4.84. The third-order valence-corrected chi connectivity index (χ3v) is 3.21. The molecule has 0 bridgehead atoms. The number of nitrogen functional groups attached to an aromatic ring is 1. The van der Waals surface area contributed by atoms with Crippen LogP contribution in [0.4, 0.5) is 21.5 Å². The molecule has 0 radical (unpaired) electrons. The van der Waals surface area contributed by atoms with Crippen molar-refractivity contribution in [2.24, 2.45) is 0 Å². The number of aromatic nitrogens is 1. The highest BCUT2D eigenvalue weighted by atomic mass is 35.5. The summed E-state index contributed by atoms with van der Waals surface area (Å²) < 4.78 is 13.4. The first-order valence-electron chi connectivity index (χ1n) is 5.99. The first-order valence-corrected chi connectivity index (χ1v) is 6.36. The van der Waals surface area contributed by atoms with Crippen molar-refractivity contribution in [3.8, 4) is 0 Å². The Morgan fingerprint density at radius 2 is 1.95 bits per heavy atom. The van der Waals surface area contributed by atoms with Gasteiger partial charge in [0.15, 0.2) is 0 Å². The van der Waals surface area contributed by atoms with Crippen LogP contribution in [-0.2, 0) is 0 Å². The molecular weight excluding hydrogens is 277 g/mol. The first kappa shape index (κ1) is 12.7. The van der Waals surface area contributed by atoms with Crippen LogP contribution in [0.3, 0.4) is 0 Å². The summed E-state index contributed by atoms with van der Waals surface area (Å²) in [7, 11) is 0. The minimum absolute atomic E-state index is 0.342. The molecular formula is C15H11ClFN3. The molecule has 0 fully saturated rings. The van der Waals surface area contributed by atoms with Crippen molar-refractivity contribution in [2.75, 3.05) is 11.1 Å². The molecule has 0 saturated heterocycles. The van der Waals surface area contributed by atoms with Crippen molar-refractivity contribution < 1.29 is 4.39 Å². The van der Waals surface area contributed by atoms with E-state index in [2.05, 4.69) is 10.3 Å². The number of anilines is 3. The maximum absolute atomic E-state index is 13.4. The fourth-order valence-electron chi connectivity index (χ4n) is 2.10. The van der Waals surface area contributed by atoms with Crippen LogP contribution in [-0.4, -0.2) is 4.98 Å². The van der Waals surface area contributed by atoms with Crippen molar-refractivity contribution in [2.45, 2.75) is 0 Å². The zero-order chi connectivity index (χ0) is 14.1. The van der Waals surface area contributed by atoms with E-state index in [4.69, 9.17) is 17.3 Å². The molecule has 0 aliphatic heterocycles. The molecule has 3 rings (SSSR count). The van der Waals surface area contributed by atoms with E-state index in [9.17, 15) is 4.39 Å². The quantitative estimate of drug-likeness (QED) is 0.689. The largest absolute Gasteiger partial charge is 0.398 e. The molecule has 20 heavy (non-hydrogen) atoms. The van der Waals surface area contributed by atoms with Gasteiger partial charge in [-0.15, -0.1) is 0 Å². The highest BCUT2D eigenvalue weighted by Crippen LogP contribution is 2.30. The maximum Gasteiger partial charge on any atom is 0.126 e. The van der Waals surface area contributed by atoms with E-state index in [0.717, 1.165) is 16.5 Å².